The lowest BCUT2D eigenvalue weighted by atomic mass is 10.2. The van der Waals surface area contributed by atoms with Crippen LogP contribution in [0.5, 0.6) is 5.75 Å². The second kappa shape index (κ2) is 6.89. The van der Waals surface area contributed by atoms with Gasteiger partial charge < -0.3 is 15.2 Å². The highest BCUT2D eigenvalue weighted by molar-refractivity contribution is 9.10. The van der Waals surface area contributed by atoms with Crippen LogP contribution >= 0.6 is 15.9 Å². The normalized spacial score (nSPS) is 10.8. The SMILES string of the molecule is CC(C)Oc1ccc(Br)cc1CNCCO. The molecule has 16 heavy (non-hydrogen) atoms. The zero-order valence-corrected chi connectivity index (χ0v) is 11.3. The Hall–Kier alpha value is -0.580. The first-order valence-corrected chi connectivity index (χ1v) is 6.19. The molecule has 0 saturated carbocycles. The third-order valence-electron chi connectivity index (χ3n) is 1.99. The Morgan fingerprint density at radius 1 is 1.44 bits per heavy atom. The molecule has 0 aromatic heterocycles. The van der Waals surface area contributed by atoms with E-state index in [1.165, 1.54) is 0 Å². The Morgan fingerprint density at radius 2 is 2.19 bits per heavy atom. The third kappa shape index (κ3) is 4.51. The van der Waals surface area contributed by atoms with Gasteiger partial charge in [0.15, 0.2) is 0 Å². The third-order valence-corrected chi connectivity index (χ3v) is 2.48. The summed E-state index contributed by atoms with van der Waals surface area (Å²) in [5, 5.41) is 11.9. The van der Waals surface area contributed by atoms with Crippen molar-refractivity contribution in [2.75, 3.05) is 13.2 Å². The van der Waals surface area contributed by atoms with E-state index in [1.807, 2.05) is 32.0 Å². The first-order valence-electron chi connectivity index (χ1n) is 5.40. The second-order valence-corrected chi connectivity index (χ2v) is 4.73. The fraction of sp³-hybridized carbons (Fsp3) is 0.500. The van der Waals surface area contributed by atoms with Crippen molar-refractivity contribution in [1.29, 1.82) is 0 Å². The Morgan fingerprint density at radius 3 is 2.81 bits per heavy atom. The van der Waals surface area contributed by atoms with Crippen LogP contribution in [0.25, 0.3) is 0 Å². The number of rotatable bonds is 6. The number of hydrogen-bond acceptors (Lipinski definition) is 3. The molecule has 2 N–H and O–H groups in total. The van der Waals surface area contributed by atoms with Crippen molar-refractivity contribution in [2.45, 2.75) is 26.5 Å². The summed E-state index contributed by atoms with van der Waals surface area (Å²) in [4.78, 5) is 0. The Labute approximate surface area is 105 Å². The van der Waals surface area contributed by atoms with Crippen LogP contribution in [0.1, 0.15) is 19.4 Å². The van der Waals surface area contributed by atoms with Crippen molar-refractivity contribution in [3.05, 3.63) is 28.2 Å². The van der Waals surface area contributed by atoms with Gasteiger partial charge in [-0.2, -0.15) is 0 Å². The van der Waals surface area contributed by atoms with E-state index in [0.717, 1.165) is 15.8 Å². The topological polar surface area (TPSA) is 41.5 Å². The van der Waals surface area contributed by atoms with E-state index in [0.29, 0.717) is 13.1 Å². The molecule has 0 heterocycles. The molecular formula is C12H18BrNO2. The van der Waals surface area contributed by atoms with Gasteiger partial charge in [-0.25, -0.2) is 0 Å². The van der Waals surface area contributed by atoms with Crippen LogP contribution in [-0.2, 0) is 6.54 Å². The highest BCUT2D eigenvalue weighted by atomic mass is 79.9. The molecule has 0 bridgehead atoms. The molecule has 0 aliphatic heterocycles. The predicted molar refractivity (Wildman–Crippen MR) is 68.7 cm³/mol. The monoisotopic (exact) mass is 287 g/mol. The molecule has 0 aliphatic carbocycles. The molecule has 0 amide bonds. The number of halogens is 1. The minimum absolute atomic E-state index is 0.147. The summed E-state index contributed by atoms with van der Waals surface area (Å²) in [5.74, 6) is 0.892. The zero-order chi connectivity index (χ0) is 12.0. The summed E-state index contributed by atoms with van der Waals surface area (Å²) in [6.45, 7) is 5.45. The molecule has 1 rings (SSSR count). The minimum Gasteiger partial charge on any atom is -0.491 e. The van der Waals surface area contributed by atoms with E-state index in [4.69, 9.17) is 9.84 Å². The molecule has 0 atom stereocenters. The van der Waals surface area contributed by atoms with Gasteiger partial charge in [0.1, 0.15) is 5.75 Å². The molecule has 0 saturated heterocycles. The molecule has 0 aliphatic rings. The van der Waals surface area contributed by atoms with E-state index < -0.39 is 0 Å². The van der Waals surface area contributed by atoms with Gasteiger partial charge in [-0.3, -0.25) is 0 Å². The summed E-state index contributed by atoms with van der Waals surface area (Å²) in [6.07, 6.45) is 0.165. The average Bonchev–Trinajstić information content (AvgIpc) is 2.22. The van der Waals surface area contributed by atoms with Gasteiger partial charge in [0.05, 0.1) is 12.7 Å². The largest absolute Gasteiger partial charge is 0.491 e. The van der Waals surface area contributed by atoms with Gasteiger partial charge >= 0.3 is 0 Å². The van der Waals surface area contributed by atoms with Crippen molar-refractivity contribution in [2.24, 2.45) is 0 Å². The lowest BCUT2D eigenvalue weighted by Crippen LogP contribution is -2.18. The molecule has 0 fully saturated rings. The molecule has 1 aromatic rings. The predicted octanol–water partition coefficient (Wildman–Crippen LogP) is 2.32. The van der Waals surface area contributed by atoms with Crippen LogP contribution in [0.2, 0.25) is 0 Å². The van der Waals surface area contributed by atoms with Crippen LogP contribution in [0.3, 0.4) is 0 Å². The number of aliphatic hydroxyl groups is 1. The minimum atomic E-state index is 0.147. The molecule has 0 radical (unpaired) electrons. The molecule has 0 unspecified atom stereocenters. The van der Waals surface area contributed by atoms with Crippen LogP contribution in [0.4, 0.5) is 0 Å². The van der Waals surface area contributed by atoms with Crippen molar-refractivity contribution in [3.8, 4) is 5.75 Å². The Balaban J connectivity index is 2.73. The second-order valence-electron chi connectivity index (χ2n) is 3.82. The maximum absolute atomic E-state index is 8.71. The number of ether oxygens (including phenoxy) is 1. The highest BCUT2D eigenvalue weighted by Crippen LogP contribution is 2.24. The average molecular weight is 288 g/mol. The zero-order valence-electron chi connectivity index (χ0n) is 9.66. The smallest absolute Gasteiger partial charge is 0.124 e. The molecular weight excluding hydrogens is 270 g/mol. The standard InChI is InChI=1S/C12H18BrNO2/c1-9(2)16-12-4-3-11(13)7-10(12)8-14-5-6-15/h3-4,7,9,14-15H,5-6,8H2,1-2H3. The maximum atomic E-state index is 8.71. The van der Waals surface area contributed by atoms with Gasteiger partial charge in [0.2, 0.25) is 0 Å². The van der Waals surface area contributed by atoms with E-state index in [2.05, 4.69) is 21.2 Å². The highest BCUT2D eigenvalue weighted by Gasteiger charge is 2.05. The van der Waals surface area contributed by atoms with E-state index >= 15 is 0 Å². The molecule has 0 spiro atoms. The lowest BCUT2D eigenvalue weighted by molar-refractivity contribution is 0.239. The maximum Gasteiger partial charge on any atom is 0.124 e. The van der Waals surface area contributed by atoms with Crippen molar-refractivity contribution >= 4 is 15.9 Å². The molecule has 90 valence electrons. The summed E-state index contributed by atoms with van der Waals surface area (Å²) >= 11 is 3.44. The van der Waals surface area contributed by atoms with Crippen molar-refractivity contribution in [1.82, 2.24) is 5.32 Å². The van der Waals surface area contributed by atoms with Crippen molar-refractivity contribution in [3.63, 3.8) is 0 Å². The van der Waals surface area contributed by atoms with Crippen LogP contribution in [0, 0.1) is 0 Å². The van der Waals surface area contributed by atoms with E-state index in [9.17, 15) is 0 Å². The van der Waals surface area contributed by atoms with E-state index in [-0.39, 0.29) is 12.7 Å². The fourth-order valence-electron chi connectivity index (χ4n) is 1.36. The van der Waals surface area contributed by atoms with Crippen LogP contribution < -0.4 is 10.1 Å². The quantitative estimate of drug-likeness (QED) is 0.789. The first-order chi connectivity index (χ1) is 7.63. The number of nitrogens with one attached hydrogen (secondary N) is 1. The number of benzene rings is 1. The van der Waals surface area contributed by atoms with E-state index in [1.54, 1.807) is 0 Å². The molecule has 3 nitrogen and oxygen atoms in total. The number of hydrogen-bond donors (Lipinski definition) is 2. The van der Waals surface area contributed by atoms with Gasteiger partial charge in [0.25, 0.3) is 0 Å². The van der Waals surface area contributed by atoms with Crippen molar-refractivity contribution < 1.29 is 9.84 Å². The molecule has 1 aromatic carbocycles. The lowest BCUT2D eigenvalue weighted by Gasteiger charge is -2.15. The number of aliphatic hydroxyl groups excluding tert-OH is 1. The summed E-state index contributed by atoms with van der Waals surface area (Å²) < 4.78 is 6.74. The van der Waals surface area contributed by atoms with Gasteiger partial charge in [0, 0.05) is 23.1 Å². The molecule has 4 heteroatoms. The Bertz CT molecular complexity index is 329. The summed E-state index contributed by atoms with van der Waals surface area (Å²) in [5.41, 5.74) is 1.09. The fourth-order valence-corrected chi connectivity index (χ4v) is 1.77. The summed E-state index contributed by atoms with van der Waals surface area (Å²) in [7, 11) is 0. The first kappa shape index (κ1) is 13.5. The Kier molecular flexibility index (Phi) is 5.80. The van der Waals surface area contributed by atoms with Gasteiger partial charge in [-0.05, 0) is 32.0 Å². The van der Waals surface area contributed by atoms with Gasteiger partial charge in [-0.15, -0.1) is 0 Å². The van der Waals surface area contributed by atoms with Crippen LogP contribution in [0.15, 0.2) is 22.7 Å². The van der Waals surface area contributed by atoms with Crippen LogP contribution in [-0.4, -0.2) is 24.4 Å². The summed E-state index contributed by atoms with van der Waals surface area (Å²) in [6, 6.07) is 5.95. The van der Waals surface area contributed by atoms with Gasteiger partial charge in [-0.1, -0.05) is 15.9 Å².